The molecule has 1 atom stereocenters. The van der Waals surface area contributed by atoms with Gasteiger partial charge in [0.25, 0.3) is 0 Å². The molecule has 1 rings (SSSR count). The van der Waals surface area contributed by atoms with Gasteiger partial charge in [0.15, 0.2) is 0 Å². The predicted molar refractivity (Wildman–Crippen MR) is 67.7 cm³/mol. The van der Waals surface area contributed by atoms with Crippen molar-refractivity contribution in [2.45, 2.75) is 32.4 Å². The minimum absolute atomic E-state index is 0.00551. The average molecular weight is 246 g/mol. The summed E-state index contributed by atoms with van der Waals surface area (Å²) in [6.45, 7) is 7.48. The van der Waals surface area contributed by atoms with E-state index in [-0.39, 0.29) is 18.6 Å². The lowest BCUT2D eigenvalue weighted by Gasteiger charge is -2.33. The smallest absolute Gasteiger partial charge is 0.237 e. The number of thioether (sulfide) groups is 1. The summed E-state index contributed by atoms with van der Waals surface area (Å²) >= 11 is 1.93. The molecule has 5 heteroatoms. The summed E-state index contributed by atoms with van der Waals surface area (Å²) < 4.78 is 0. The van der Waals surface area contributed by atoms with Gasteiger partial charge in [-0.2, -0.15) is 11.8 Å². The van der Waals surface area contributed by atoms with E-state index in [1.54, 1.807) is 0 Å². The first-order valence-corrected chi connectivity index (χ1v) is 6.86. The molecule has 1 aliphatic rings. The Labute approximate surface area is 102 Å². The molecule has 0 unspecified atom stereocenters. The molecule has 0 spiro atoms. The first-order valence-electron chi connectivity index (χ1n) is 5.71. The molecule has 0 bridgehead atoms. The third-order valence-corrected chi connectivity index (χ3v) is 3.77. The highest BCUT2D eigenvalue weighted by Gasteiger charge is 2.27. The average Bonchev–Trinajstić information content (AvgIpc) is 2.28. The molecular weight excluding hydrogens is 224 g/mol. The van der Waals surface area contributed by atoms with Crippen molar-refractivity contribution in [2.24, 2.45) is 0 Å². The van der Waals surface area contributed by atoms with Crippen molar-refractivity contribution in [3.05, 3.63) is 0 Å². The van der Waals surface area contributed by atoms with Gasteiger partial charge in [-0.25, -0.2) is 0 Å². The molecular formula is C11H22N2O2S. The molecule has 1 fully saturated rings. The molecule has 1 aliphatic heterocycles. The fraction of sp³-hybridized carbons (Fsp3) is 0.909. The van der Waals surface area contributed by atoms with Gasteiger partial charge in [-0.1, -0.05) is 0 Å². The second kappa shape index (κ2) is 5.89. The van der Waals surface area contributed by atoms with Crippen molar-refractivity contribution in [3.63, 3.8) is 0 Å². The van der Waals surface area contributed by atoms with E-state index in [2.05, 4.69) is 10.2 Å². The van der Waals surface area contributed by atoms with Crippen molar-refractivity contribution in [3.8, 4) is 0 Å². The van der Waals surface area contributed by atoms with Gasteiger partial charge >= 0.3 is 0 Å². The highest BCUT2D eigenvalue weighted by Crippen LogP contribution is 2.12. The third kappa shape index (κ3) is 3.96. The summed E-state index contributed by atoms with van der Waals surface area (Å²) in [6, 6.07) is -0.105. The minimum Gasteiger partial charge on any atom is -0.394 e. The number of hydrogen-bond donors (Lipinski definition) is 2. The Kier molecular flexibility index (Phi) is 5.08. The molecule has 1 saturated heterocycles. The van der Waals surface area contributed by atoms with Gasteiger partial charge in [-0.15, -0.1) is 0 Å². The lowest BCUT2D eigenvalue weighted by molar-refractivity contribution is -0.127. The molecule has 2 N–H and O–H groups in total. The molecule has 0 saturated carbocycles. The van der Waals surface area contributed by atoms with Crippen LogP contribution in [-0.2, 0) is 4.79 Å². The van der Waals surface area contributed by atoms with Crippen LogP contribution < -0.4 is 5.32 Å². The summed E-state index contributed by atoms with van der Waals surface area (Å²) in [5, 5.41) is 12.0. The molecule has 0 aromatic rings. The van der Waals surface area contributed by atoms with Gasteiger partial charge in [0.05, 0.1) is 18.2 Å². The van der Waals surface area contributed by atoms with Crippen LogP contribution in [0, 0.1) is 0 Å². The fourth-order valence-electron chi connectivity index (χ4n) is 1.61. The summed E-state index contributed by atoms with van der Waals surface area (Å²) in [7, 11) is 0. The Morgan fingerprint density at radius 3 is 2.56 bits per heavy atom. The Morgan fingerprint density at radius 2 is 2.06 bits per heavy atom. The van der Waals surface area contributed by atoms with Gasteiger partial charge in [0.2, 0.25) is 5.91 Å². The summed E-state index contributed by atoms with van der Waals surface area (Å²) in [5.74, 6) is 2.20. The highest BCUT2D eigenvalue weighted by atomic mass is 32.2. The maximum absolute atomic E-state index is 11.9. The summed E-state index contributed by atoms with van der Waals surface area (Å²) in [6.07, 6.45) is 0. The molecule has 94 valence electrons. The predicted octanol–water partition coefficient (Wildman–Crippen LogP) is 0.311. The highest BCUT2D eigenvalue weighted by molar-refractivity contribution is 7.99. The zero-order chi connectivity index (χ0) is 12.2. The molecule has 0 aliphatic carbocycles. The van der Waals surface area contributed by atoms with E-state index in [9.17, 15) is 4.79 Å². The van der Waals surface area contributed by atoms with Gasteiger partial charge in [-0.05, 0) is 20.8 Å². The van der Waals surface area contributed by atoms with Gasteiger partial charge in [-0.3, -0.25) is 9.69 Å². The van der Waals surface area contributed by atoms with Crippen molar-refractivity contribution in [1.82, 2.24) is 10.2 Å². The second-order valence-corrected chi connectivity index (χ2v) is 6.08. The molecule has 1 heterocycles. The SMILES string of the molecule is C[C@@H](C(=O)NC(C)(C)CO)N1CCSCC1. The Hall–Kier alpha value is -0.260. The maximum atomic E-state index is 11.9. The van der Waals surface area contributed by atoms with Crippen LogP contribution in [0.1, 0.15) is 20.8 Å². The number of aliphatic hydroxyl groups is 1. The molecule has 0 aromatic heterocycles. The van der Waals surface area contributed by atoms with Gasteiger partial charge in [0.1, 0.15) is 0 Å². The maximum Gasteiger partial charge on any atom is 0.237 e. The number of hydrogen-bond acceptors (Lipinski definition) is 4. The molecule has 16 heavy (non-hydrogen) atoms. The number of carbonyl (C=O) groups is 1. The molecule has 0 radical (unpaired) electrons. The van der Waals surface area contributed by atoms with Crippen molar-refractivity contribution in [2.75, 3.05) is 31.2 Å². The minimum atomic E-state index is -0.532. The monoisotopic (exact) mass is 246 g/mol. The third-order valence-electron chi connectivity index (χ3n) is 2.83. The van der Waals surface area contributed by atoms with Crippen molar-refractivity contribution in [1.29, 1.82) is 0 Å². The van der Waals surface area contributed by atoms with Crippen LogP contribution in [0.25, 0.3) is 0 Å². The van der Waals surface area contributed by atoms with Crippen LogP contribution in [0.2, 0.25) is 0 Å². The van der Waals surface area contributed by atoms with Crippen LogP contribution in [0.4, 0.5) is 0 Å². The number of nitrogens with zero attached hydrogens (tertiary/aromatic N) is 1. The number of nitrogens with one attached hydrogen (secondary N) is 1. The van der Waals surface area contributed by atoms with Crippen LogP contribution in [0.15, 0.2) is 0 Å². The Balaban J connectivity index is 2.46. The van der Waals surface area contributed by atoms with E-state index in [0.29, 0.717) is 0 Å². The molecule has 0 aromatic carbocycles. The quantitative estimate of drug-likeness (QED) is 0.750. The first kappa shape index (κ1) is 13.8. The fourth-order valence-corrected chi connectivity index (χ4v) is 2.54. The van der Waals surface area contributed by atoms with E-state index >= 15 is 0 Å². The van der Waals surface area contributed by atoms with E-state index in [0.717, 1.165) is 24.6 Å². The topological polar surface area (TPSA) is 52.6 Å². The van der Waals surface area contributed by atoms with Crippen LogP contribution in [0.3, 0.4) is 0 Å². The summed E-state index contributed by atoms with van der Waals surface area (Å²) in [4.78, 5) is 14.1. The van der Waals surface area contributed by atoms with E-state index in [4.69, 9.17) is 5.11 Å². The molecule has 1 amide bonds. The van der Waals surface area contributed by atoms with Gasteiger partial charge in [0, 0.05) is 24.6 Å². The normalized spacial score (nSPS) is 20.5. The largest absolute Gasteiger partial charge is 0.394 e. The van der Waals surface area contributed by atoms with Crippen LogP contribution in [0.5, 0.6) is 0 Å². The van der Waals surface area contributed by atoms with E-state index in [1.807, 2.05) is 32.5 Å². The number of rotatable bonds is 4. The van der Waals surface area contributed by atoms with Gasteiger partial charge < -0.3 is 10.4 Å². The number of carbonyl (C=O) groups excluding carboxylic acids is 1. The second-order valence-electron chi connectivity index (χ2n) is 4.86. The molecule has 4 nitrogen and oxygen atoms in total. The van der Waals surface area contributed by atoms with E-state index in [1.165, 1.54) is 0 Å². The number of amides is 1. The van der Waals surface area contributed by atoms with Crippen LogP contribution in [-0.4, -0.2) is 58.7 Å². The van der Waals surface area contributed by atoms with Crippen molar-refractivity contribution >= 4 is 17.7 Å². The zero-order valence-electron chi connectivity index (χ0n) is 10.3. The van der Waals surface area contributed by atoms with Crippen LogP contribution >= 0.6 is 11.8 Å². The first-order chi connectivity index (χ1) is 7.46. The summed E-state index contributed by atoms with van der Waals surface area (Å²) in [5.41, 5.74) is -0.532. The standard InChI is InChI=1S/C11H22N2O2S/c1-9(13-4-6-16-7-5-13)10(15)12-11(2,3)8-14/h9,14H,4-8H2,1-3H3,(H,12,15)/t9-/m0/s1. The van der Waals surface area contributed by atoms with E-state index < -0.39 is 5.54 Å². The van der Waals surface area contributed by atoms with Crippen molar-refractivity contribution < 1.29 is 9.90 Å². The Bertz CT molecular complexity index is 240. The lowest BCUT2D eigenvalue weighted by atomic mass is 10.1. The zero-order valence-corrected chi connectivity index (χ0v) is 11.1. The lowest BCUT2D eigenvalue weighted by Crippen LogP contribution is -2.54. The Morgan fingerprint density at radius 1 is 1.50 bits per heavy atom. The number of aliphatic hydroxyl groups excluding tert-OH is 1.